The van der Waals surface area contributed by atoms with Gasteiger partial charge >= 0.3 is 0 Å². The van der Waals surface area contributed by atoms with Gasteiger partial charge in [-0.1, -0.05) is 12.5 Å². The van der Waals surface area contributed by atoms with Crippen molar-refractivity contribution in [3.63, 3.8) is 0 Å². The van der Waals surface area contributed by atoms with Crippen LogP contribution in [0.5, 0.6) is 5.88 Å². The monoisotopic (exact) mass is 277 g/mol. The summed E-state index contributed by atoms with van der Waals surface area (Å²) in [7, 11) is 1.65. The van der Waals surface area contributed by atoms with Crippen LogP contribution in [0, 0.1) is 0 Å². The van der Waals surface area contributed by atoms with Gasteiger partial charge in [0.25, 0.3) is 0 Å². The van der Waals surface area contributed by atoms with Crippen LogP contribution < -0.4 is 10.1 Å². The van der Waals surface area contributed by atoms with Gasteiger partial charge in [-0.3, -0.25) is 4.90 Å². The Morgan fingerprint density at radius 2 is 2.25 bits per heavy atom. The van der Waals surface area contributed by atoms with E-state index < -0.39 is 0 Å². The molecule has 2 rings (SSSR count). The highest BCUT2D eigenvalue weighted by Crippen LogP contribution is 2.14. The maximum Gasteiger partial charge on any atom is 0.212 e. The first-order valence-electron chi connectivity index (χ1n) is 7.65. The smallest absolute Gasteiger partial charge is 0.212 e. The lowest BCUT2D eigenvalue weighted by molar-refractivity contribution is 0.177. The van der Waals surface area contributed by atoms with Gasteiger partial charge in [-0.15, -0.1) is 0 Å². The van der Waals surface area contributed by atoms with Crippen molar-refractivity contribution in [3.8, 4) is 5.88 Å². The Morgan fingerprint density at radius 1 is 1.40 bits per heavy atom. The van der Waals surface area contributed by atoms with Crippen LogP contribution in [0.25, 0.3) is 0 Å². The second-order valence-corrected chi connectivity index (χ2v) is 5.88. The summed E-state index contributed by atoms with van der Waals surface area (Å²) in [4.78, 5) is 6.81. The fourth-order valence-corrected chi connectivity index (χ4v) is 2.68. The Kier molecular flexibility index (Phi) is 5.80. The maximum atomic E-state index is 5.11. The third kappa shape index (κ3) is 4.46. The molecule has 0 aromatic carbocycles. The zero-order valence-electron chi connectivity index (χ0n) is 12.9. The zero-order valence-corrected chi connectivity index (χ0v) is 12.9. The van der Waals surface area contributed by atoms with Gasteiger partial charge in [0.15, 0.2) is 0 Å². The van der Waals surface area contributed by atoms with Crippen molar-refractivity contribution in [1.29, 1.82) is 0 Å². The number of methoxy groups -OCH3 is 1. The average molecular weight is 277 g/mol. The summed E-state index contributed by atoms with van der Waals surface area (Å²) < 4.78 is 5.11. The van der Waals surface area contributed by atoms with E-state index in [1.807, 2.05) is 12.3 Å². The molecule has 112 valence electrons. The number of pyridine rings is 1. The van der Waals surface area contributed by atoms with Gasteiger partial charge in [0.2, 0.25) is 5.88 Å². The Hall–Kier alpha value is -1.13. The Balaban J connectivity index is 1.93. The highest BCUT2D eigenvalue weighted by atomic mass is 16.5. The summed E-state index contributed by atoms with van der Waals surface area (Å²) in [5.74, 6) is 0.679. The fraction of sp³-hybridized carbons (Fsp3) is 0.688. The lowest BCUT2D eigenvalue weighted by Crippen LogP contribution is -2.45. The summed E-state index contributed by atoms with van der Waals surface area (Å²) in [5.41, 5.74) is 1.25. The van der Waals surface area contributed by atoms with Crippen LogP contribution in [-0.4, -0.2) is 42.2 Å². The van der Waals surface area contributed by atoms with Crippen LogP contribution in [0.3, 0.4) is 0 Å². The molecule has 0 spiro atoms. The molecule has 0 saturated carbocycles. The summed E-state index contributed by atoms with van der Waals surface area (Å²) in [6, 6.07) is 5.22. The van der Waals surface area contributed by atoms with Crippen LogP contribution in [0.1, 0.15) is 38.7 Å². The second kappa shape index (κ2) is 7.60. The van der Waals surface area contributed by atoms with Crippen molar-refractivity contribution >= 4 is 0 Å². The normalized spacial score (nSPS) is 19.6. The van der Waals surface area contributed by atoms with E-state index in [9.17, 15) is 0 Å². The van der Waals surface area contributed by atoms with Gasteiger partial charge in [0.05, 0.1) is 7.11 Å². The number of ether oxygens (including phenoxy) is 1. The number of nitrogens with one attached hydrogen (secondary N) is 1. The summed E-state index contributed by atoms with van der Waals surface area (Å²) in [5, 5.41) is 3.63. The molecule has 1 aliphatic rings. The van der Waals surface area contributed by atoms with Crippen molar-refractivity contribution in [2.45, 2.75) is 51.7 Å². The summed E-state index contributed by atoms with van der Waals surface area (Å²) in [6.07, 6.45) is 5.89. The molecular formula is C16H27N3O. The Bertz CT molecular complexity index is 385. The van der Waals surface area contributed by atoms with Gasteiger partial charge < -0.3 is 10.1 Å². The van der Waals surface area contributed by atoms with Gasteiger partial charge in [0.1, 0.15) is 0 Å². The first kappa shape index (κ1) is 15.3. The molecule has 2 heterocycles. The number of nitrogens with zero attached hydrogens (tertiary/aromatic N) is 2. The lowest BCUT2D eigenvalue weighted by Gasteiger charge is -2.33. The van der Waals surface area contributed by atoms with E-state index in [1.54, 1.807) is 7.11 Å². The number of hydrogen-bond acceptors (Lipinski definition) is 4. The van der Waals surface area contributed by atoms with E-state index in [4.69, 9.17) is 4.74 Å². The SMILES string of the molecule is COc1ccc(CN(CC2CCCCN2)C(C)C)cn1. The number of piperidine rings is 1. The van der Waals surface area contributed by atoms with Crippen LogP contribution in [0.2, 0.25) is 0 Å². The molecule has 1 aliphatic heterocycles. The van der Waals surface area contributed by atoms with E-state index in [2.05, 4.69) is 35.1 Å². The van der Waals surface area contributed by atoms with Crippen molar-refractivity contribution < 1.29 is 4.74 Å². The Labute approximate surface area is 122 Å². The van der Waals surface area contributed by atoms with E-state index >= 15 is 0 Å². The standard InChI is InChI=1S/C16H27N3O/c1-13(2)19(12-15-6-4-5-9-17-15)11-14-7-8-16(20-3)18-10-14/h7-8,10,13,15,17H,4-6,9,11-12H2,1-3H3. The van der Waals surface area contributed by atoms with Crippen LogP contribution in [0.15, 0.2) is 18.3 Å². The summed E-state index contributed by atoms with van der Waals surface area (Å²) >= 11 is 0. The van der Waals surface area contributed by atoms with Crippen molar-refractivity contribution in [2.24, 2.45) is 0 Å². The van der Waals surface area contributed by atoms with Gasteiger partial charge in [-0.25, -0.2) is 4.98 Å². The first-order chi connectivity index (χ1) is 9.69. The van der Waals surface area contributed by atoms with Gasteiger partial charge in [-0.05, 0) is 38.8 Å². The number of rotatable bonds is 6. The van der Waals surface area contributed by atoms with Gasteiger partial charge in [0, 0.05) is 37.4 Å². The number of aromatic nitrogens is 1. The molecule has 4 heteroatoms. The minimum Gasteiger partial charge on any atom is -0.481 e. The predicted molar refractivity (Wildman–Crippen MR) is 82.0 cm³/mol. The van der Waals surface area contributed by atoms with Crippen molar-refractivity contribution in [3.05, 3.63) is 23.9 Å². The molecule has 0 bridgehead atoms. The molecule has 20 heavy (non-hydrogen) atoms. The molecule has 1 aromatic heterocycles. The minimum atomic E-state index is 0.542. The van der Waals surface area contributed by atoms with Crippen LogP contribution >= 0.6 is 0 Å². The van der Waals surface area contributed by atoms with E-state index in [0.29, 0.717) is 18.0 Å². The van der Waals surface area contributed by atoms with Crippen LogP contribution in [-0.2, 0) is 6.54 Å². The van der Waals surface area contributed by atoms with E-state index in [-0.39, 0.29) is 0 Å². The van der Waals surface area contributed by atoms with E-state index in [0.717, 1.165) is 13.1 Å². The molecule has 4 nitrogen and oxygen atoms in total. The third-order valence-electron chi connectivity index (χ3n) is 3.99. The molecule has 1 aromatic rings. The molecule has 0 amide bonds. The highest BCUT2D eigenvalue weighted by Gasteiger charge is 2.18. The Morgan fingerprint density at radius 3 is 2.80 bits per heavy atom. The fourth-order valence-electron chi connectivity index (χ4n) is 2.68. The predicted octanol–water partition coefficient (Wildman–Crippen LogP) is 2.44. The second-order valence-electron chi connectivity index (χ2n) is 5.88. The topological polar surface area (TPSA) is 37.4 Å². The molecule has 0 radical (unpaired) electrons. The molecule has 0 aliphatic carbocycles. The first-order valence-corrected chi connectivity index (χ1v) is 7.65. The molecule has 1 atom stereocenters. The minimum absolute atomic E-state index is 0.542. The lowest BCUT2D eigenvalue weighted by atomic mass is 10.0. The van der Waals surface area contributed by atoms with Crippen LogP contribution in [0.4, 0.5) is 0 Å². The van der Waals surface area contributed by atoms with Crippen molar-refractivity contribution in [1.82, 2.24) is 15.2 Å². The molecule has 1 N–H and O–H groups in total. The van der Waals surface area contributed by atoms with Gasteiger partial charge in [-0.2, -0.15) is 0 Å². The highest BCUT2D eigenvalue weighted by molar-refractivity contribution is 5.17. The average Bonchev–Trinajstić information content (AvgIpc) is 2.48. The molecule has 1 fully saturated rings. The maximum absolute atomic E-state index is 5.11. The van der Waals surface area contributed by atoms with E-state index in [1.165, 1.54) is 31.4 Å². The summed E-state index contributed by atoms with van der Waals surface area (Å²) in [6.45, 7) is 7.76. The number of hydrogen-bond donors (Lipinski definition) is 1. The molecular weight excluding hydrogens is 250 g/mol. The van der Waals surface area contributed by atoms with Crippen molar-refractivity contribution in [2.75, 3.05) is 20.2 Å². The molecule has 1 unspecified atom stereocenters. The zero-order chi connectivity index (χ0) is 14.4. The largest absolute Gasteiger partial charge is 0.481 e. The third-order valence-corrected chi connectivity index (χ3v) is 3.99. The molecule has 1 saturated heterocycles. The quantitative estimate of drug-likeness (QED) is 0.866.